The summed E-state index contributed by atoms with van der Waals surface area (Å²) >= 11 is 0.0660. The molecule has 0 bridgehead atoms. The van der Waals surface area contributed by atoms with Crippen molar-refractivity contribution in [2.24, 2.45) is 0 Å². The molecule has 0 spiro atoms. The fourth-order valence-electron chi connectivity index (χ4n) is 2.09. The molecule has 1 aliphatic carbocycles. The van der Waals surface area contributed by atoms with Crippen LogP contribution in [-0.2, 0) is 0 Å². The van der Waals surface area contributed by atoms with Crippen LogP contribution in [0, 0.1) is 0 Å². The highest BCUT2D eigenvalue weighted by Gasteiger charge is 2.20. The SMILES string of the molecule is [CH3][Mg][CH]1C(C)=Cc2ccccc21. The average molecular weight is 169 g/mol. The van der Waals surface area contributed by atoms with Gasteiger partial charge in [-0.3, -0.25) is 0 Å². The van der Waals surface area contributed by atoms with Gasteiger partial charge in [0.25, 0.3) is 0 Å². The Labute approximate surface area is 83.4 Å². The number of benzene rings is 1. The minimum Gasteiger partial charge on any atom is -0.155 e. The molecule has 2 rings (SSSR count). The third-order valence-electron chi connectivity index (χ3n) is 2.71. The van der Waals surface area contributed by atoms with E-state index in [4.69, 9.17) is 0 Å². The van der Waals surface area contributed by atoms with Crippen molar-refractivity contribution in [3.63, 3.8) is 0 Å². The van der Waals surface area contributed by atoms with Crippen molar-refractivity contribution in [3.05, 3.63) is 41.0 Å². The van der Waals surface area contributed by atoms with Crippen LogP contribution in [0.25, 0.3) is 6.08 Å². The van der Waals surface area contributed by atoms with Gasteiger partial charge in [0.2, 0.25) is 0 Å². The van der Waals surface area contributed by atoms with Gasteiger partial charge in [0, 0.05) is 0 Å². The Morgan fingerprint density at radius 2 is 2.00 bits per heavy atom. The quantitative estimate of drug-likeness (QED) is 0.566. The summed E-state index contributed by atoms with van der Waals surface area (Å²) in [6.45, 7) is 2.27. The van der Waals surface area contributed by atoms with E-state index in [1.807, 2.05) is 0 Å². The van der Waals surface area contributed by atoms with Crippen LogP contribution in [0.4, 0.5) is 0 Å². The number of hydrogen-bond donors (Lipinski definition) is 0. The fraction of sp³-hybridized carbons (Fsp3) is 0.273. The molecule has 0 heterocycles. The van der Waals surface area contributed by atoms with E-state index in [1.165, 1.54) is 5.56 Å². The van der Waals surface area contributed by atoms with E-state index in [2.05, 4.69) is 42.3 Å². The van der Waals surface area contributed by atoms with Crippen LogP contribution >= 0.6 is 0 Å². The van der Waals surface area contributed by atoms with Crippen LogP contribution in [0.3, 0.4) is 0 Å². The summed E-state index contributed by atoms with van der Waals surface area (Å²) in [5.41, 5.74) is 4.60. The first kappa shape index (κ1) is 8.33. The van der Waals surface area contributed by atoms with Crippen molar-refractivity contribution in [2.75, 3.05) is 0 Å². The molecule has 0 saturated heterocycles. The number of fused-ring (bicyclic) bond motifs is 1. The monoisotopic (exact) mass is 168 g/mol. The molecule has 1 atom stereocenters. The Hall–Kier alpha value is -0.274. The number of hydrogen-bond acceptors (Lipinski definition) is 0. The van der Waals surface area contributed by atoms with Gasteiger partial charge in [0.05, 0.1) is 0 Å². The van der Waals surface area contributed by atoms with Crippen molar-refractivity contribution in [1.29, 1.82) is 0 Å². The maximum Gasteiger partial charge on any atom is 0.378 e. The zero-order chi connectivity index (χ0) is 8.55. The van der Waals surface area contributed by atoms with Crippen LogP contribution in [0.2, 0.25) is 5.05 Å². The number of allylic oxidation sites excluding steroid dienone is 1. The first-order valence-electron chi connectivity index (χ1n) is 4.60. The summed E-state index contributed by atoms with van der Waals surface area (Å²) in [5, 5.41) is 2.39. The predicted octanol–water partition coefficient (Wildman–Crippen LogP) is 2.90. The van der Waals surface area contributed by atoms with Gasteiger partial charge in [-0.25, -0.2) is 0 Å². The van der Waals surface area contributed by atoms with Gasteiger partial charge in [-0.1, -0.05) is 45.5 Å². The highest BCUT2D eigenvalue weighted by atomic mass is 24.5. The van der Waals surface area contributed by atoms with E-state index in [0.717, 1.165) is 4.05 Å². The Morgan fingerprint density at radius 1 is 1.25 bits per heavy atom. The summed E-state index contributed by atoms with van der Waals surface area (Å²) in [7, 11) is 0. The van der Waals surface area contributed by atoms with Crippen molar-refractivity contribution in [3.8, 4) is 0 Å². The lowest BCUT2D eigenvalue weighted by Gasteiger charge is -2.10. The van der Waals surface area contributed by atoms with Gasteiger partial charge in [-0.2, -0.15) is 5.05 Å². The highest BCUT2D eigenvalue weighted by molar-refractivity contribution is 6.38. The third kappa shape index (κ3) is 1.21. The zero-order valence-electron chi connectivity index (χ0n) is 7.67. The Balaban J connectivity index is 2.50. The summed E-state index contributed by atoms with van der Waals surface area (Å²) in [5.74, 6) is 0. The Kier molecular flexibility index (Phi) is 2.24. The molecule has 0 aromatic heterocycles. The molecular formula is C11H12Mg. The molecule has 58 valence electrons. The molecule has 0 N–H and O–H groups in total. The molecule has 1 aromatic carbocycles. The summed E-state index contributed by atoms with van der Waals surface area (Å²) < 4.78 is 0.821. The summed E-state index contributed by atoms with van der Waals surface area (Å²) in [6.07, 6.45) is 2.34. The minimum atomic E-state index is 0.0660. The minimum absolute atomic E-state index is 0.0660. The Bertz CT molecular complexity index is 326. The van der Waals surface area contributed by atoms with Crippen molar-refractivity contribution in [1.82, 2.24) is 0 Å². The third-order valence-corrected chi connectivity index (χ3v) is 4.61. The molecule has 0 amide bonds. The molecule has 1 heteroatoms. The molecule has 0 fully saturated rings. The first-order chi connectivity index (χ1) is 5.83. The lowest BCUT2D eigenvalue weighted by atomic mass is 10.1. The van der Waals surface area contributed by atoms with Crippen LogP contribution in [0.1, 0.15) is 22.1 Å². The van der Waals surface area contributed by atoms with Gasteiger partial charge in [0.15, 0.2) is 0 Å². The second kappa shape index (κ2) is 3.23. The number of rotatable bonds is 1. The van der Waals surface area contributed by atoms with Crippen molar-refractivity contribution < 1.29 is 0 Å². The molecule has 1 unspecified atom stereocenters. The Morgan fingerprint density at radius 3 is 2.75 bits per heavy atom. The molecule has 1 aliphatic rings. The van der Waals surface area contributed by atoms with Gasteiger partial charge in [0.1, 0.15) is 0 Å². The zero-order valence-corrected chi connectivity index (χ0v) is 9.09. The summed E-state index contributed by atoms with van der Waals surface area (Å²) in [6, 6.07) is 8.79. The molecule has 1 aromatic rings. The van der Waals surface area contributed by atoms with E-state index < -0.39 is 0 Å². The van der Waals surface area contributed by atoms with E-state index in [1.54, 1.807) is 11.1 Å². The lowest BCUT2D eigenvalue weighted by molar-refractivity contribution is 1.12. The maximum absolute atomic E-state index is 2.39. The standard InChI is InChI=1S/C10H9.CH3.Mg/c1-8-6-9-4-2-3-5-10(9)7-8;;/h2-7H,1H3;1H3;. The van der Waals surface area contributed by atoms with E-state index in [0.29, 0.717) is 0 Å². The normalized spacial score (nSPS) is 19.8. The van der Waals surface area contributed by atoms with Crippen LogP contribution in [0.15, 0.2) is 29.8 Å². The van der Waals surface area contributed by atoms with Gasteiger partial charge >= 0.3 is 20.4 Å². The molecular weight excluding hydrogens is 156 g/mol. The van der Waals surface area contributed by atoms with Crippen molar-refractivity contribution in [2.45, 2.75) is 16.0 Å². The molecule has 0 nitrogen and oxygen atoms in total. The summed E-state index contributed by atoms with van der Waals surface area (Å²) in [4.78, 5) is 0. The predicted molar refractivity (Wildman–Crippen MR) is 54.5 cm³/mol. The second-order valence-electron chi connectivity index (χ2n) is 3.48. The van der Waals surface area contributed by atoms with Crippen LogP contribution in [-0.4, -0.2) is 20.4 Å². The van der Waals surface area contributed by atoms with Gasteiger partial charge in [-0.15, -0.1) is 0 Å². The second-order valence-corrected chi connectivity index (χ2v) is 5.11. The van der Waals surface area contributed by atoms with Gasteiger partial charge < -0.3 is 0 Å². The lowest BCUT2D eigenvalue weighted by Crippen LogP contribution is -2.02. The van der Waals surface area contributed by atoms with Crippen molar-refractivity contribution >= 4 is 26.4 Å². The molecule has 0 radical (unpaired) electrons. The fourth-order valence-corrected chi connectivity index (χ4v) is 3.67. The molecule has 0 saturated carbocycles. The van der Waals surface area contributed by atoms with Gasteiger partial charge in [-0.05, 0) is 12.5 Å². The average Bonchev–Trinajstić information content (AvgIpc) is 2.40. The van der Waals surface area contributed by atoms with Crippen LogP contribution in [0.5, 0.6) is 0 Å². The van der Waals surface area contributed by atoms with E-state index >= 15 is 0 Å². The largest absolute Gasteiger partial charge is 0.378 e. The topological polar surface area (TPSA) is 0 Å². The van der Waals surface area contributed by atoms with E-state index in [9.17, 15) is 0 Å². The van der Waals surface area contributed by atoms with E-state index in [-0.39, 0.29) is 20.4 Å². The van der Waals surface area contributed by atoms with Crippen LogP contribution < -0.4 is 0 Å². The smallest absolute Gasteiger partial charge is 0.155 e. The molecule has 12 heavy (non-hydrogen) atoms. The maximum atomic E-state index is 2.39. The first-order valence-corrected chi connectivity index (χ1v) is 6.83. The highest BCUT2D eigenvalue weighted by Crippen LogP contribution is 2.34. The molecule has 0 aliphatic heterocycles.